The predicted octanol–water partition coefficient (Wildman–Crippen LogP) is 2.30. The van der Waals surface area contributed by atoms with Gasteiger partial charge in [-0.3, -0.25) is 4.79 Å². The van der Waals surface area contributed by atoms with Gasteiger partial charge in [-0.25, -0.2) is 0 Å². The molecule has 2 atom stereocenters. The molecule has 2 rings (SSSR count). The van der Waals surface area contributed by atoms with E-state index >= 15 is 0 Å². The van der Waals surface area contributed by atoms with Crippen molar-refractivity contribution in [1.29, 1.82) is 0 Å². The van der Waals surface area contributed by atoms with Crippen LogP contribution in [0.15, 0.2) is 18.2 Å². The molecule has 1 saturated carbocycles. The molecule has 0 aromatic heterocycles. The number of hydrogen-bond acceptors (Lipinski definition) is 4. The van der Waals surface area contributed by atoms with Gasteiger partial charge in [-0.2, -0.15) is 0 Å². The number of benzene rings is 1. The van der Waals surface area contributed by atoms with Gasteiger partial charge in [0.25, 0.3) is 0 Å². The topological polar surface area (TPSA) is 75.8 Å². The van der Waals surface area contributed by atoms with Crippen LogP contribution in [0.2, 0.25) is 0 Å². The van der Waals surface area contributed by atoms with E-state index in [1.165, 1.54) is 7.11 Å². The molecule has 1 aromatic carbocycles. The highest BCUT2D eigenvalue weighted by atomic mass is 35.5. The largest absolute Gasteiger partial charge is 0.504 e. The summed E-state index contributed by atoms with van der Waals surface area (Å²) in [7, 11) is 3.29. The second kappa shape index (κ2) is 8.25. The first-order valence-electron chi connectivity index (χ1n) is 7.36. The monoisotopic (exact) mass is 328 g/mol. The van der Waals surface area contributed by atoms with Crippen molar-refractivity contribution in [2.75, 3.05) is 14.2 Å². The lowest BCUT2D eigenvalue weighted by Crippen LogP contribution is -2.32. The number of amides is 1. The van der Waals surface area contributed by atoms with E-state index < -0.39 is 0 Å². The number of rotatable bonds is 5. The SMILES string of the molecule is COc1ccc(CN(C)C(=O)C[C@@H]2CCC[C@H]2N)cc1O.Cl. The van der Waals surface area contributed by atoms with Crippen molar-refractivity contribution < 1.29 is 14.6 Å². The summed E-state index contributed by atoms with van der Waals surface area (Å²) in [5.41, 5.74) is 6.89. The van der Waals surface area contributed by atoms with Crippen LogP contribution in [-0.2, 0) is 11.3 Å². The summed E-state index contributed by atoms with van der Waals surface area (Å²) in [6.07, 6.45) is 3.70. The molecule has 6 heteroatoms. The molecule has 5 nitrogen and oxygen atoms in total. The Labute approximate surface area is 137 Å². The van der Waals surface area contributed by atoms with Crippen LogP contribution in [0.25, 0.3) is 0 Å². The van der Waals surface area contributed by atoms with Crippen LogP contribution in [0.3, 0.4) is 0 Å². The van der Waals surface area contributed by atoms with Gasteiger partial charge in [-0.15, -0.1) is 12.4 Å². The zero-order valence-corrected chi connectivity index (χ0v) is 13.9. The molecule has 1 fully saturated rings. The van der Waals surface area contributed by atoms with Crippen molar-refractivity contribution in [1.82, 2.24) is 4.90 Å². The highest BCUT2D eigenvalue weighted by Crippen LogP contribution is 2.28. The van der Waals surface area contributed by atoms with Crippen LogP contribution in [0.4, 0.5) is 0 Å². The highest BCUT2D eigenvalue weighted by molar-refractivity contribution is 5.85. The third-order valence-corrected chi connectivity index (χ3v) is 4.24. The number of phenolic OH excluding ortho intramolecular Hbond substituents is 1. The number of nitrogens with zero attached hydrogens (tertiary/aromatic N) is 1. The molecule has 0 aliphatic heterocycles. The fraction of sp³-hybridized carbons (Fsp3) is 0.562. The van der Waals surface area contributed by atoms with Crippen molar-refractivity contribution in [2.45, 2.75) is 38.3 Å². The van der Waals surface area contributed by atoms with Gasteiger partial charge in [0.1, 0.15) is 0 Å². The minimum Gasteiger partial charge on any atom is -0.504 e. The summed E-state index contributed by atoms with van der Waals surface area (Å²) in [6, 6.07) is 5.34. The van der Waals surface area contributed by atoms with Crippen LogP contribution < -0.4 is 10.5 Å². The van der Waals surface area contributed by atoms with E-state index in [4.69, 9.17) is 10.5 Å². The fourth-order valence-corrected chi connectivity index (χ4v) is 2.90. The first kappa shape index (κ1) is 18.6. The van der Waals surface area contributed by atoms with Gasteiger partial charge >= 0.3 is 0 Å². The summed E-state index contributed by atoms with van der Waals surface area (Å²) in [4.78, 5) is 13.9. The Morgan fingerprint density at radius 2 is 2.18 bits per heavy atom. The molecule has 0 unspecified atom stereocenters. The molecule has 0 spiro atoms. The Balaban J connectivity index is 0.00000242. The lowest BCUT2D eigenvalue weighted by Gasteiger charge is -2.21. The molecule has 1 aliphatic rings. The Bertz CT molecular complexity index is 510. The maximum Gasteiger partial charge on any atom is 0.222 e. The number of carbonyl (C=O) groups excluding carboxylic acids is 1. The van der Waals surface area contributed by atoms with Crippen molar-refractivity contribution in [3.63, 3.8) is 0 Å². The molecule has 0 heterocycles. The van der Waals surface area contributed by atoms with E-state index in [1.807, 2.05) is 6.07 Å². The first-order valence-corrected chi connectivity index (χ1v) is 7.36. The van der Waals surface area contributed by atoms with E-state index in [-0.39, 0.29) is 30.1 Å². The van der Waals surface area contributed by atoms with Crippen LogP contribution >= 0.6 is 12.4 Å². The number of methoxy groups -OCH3 is 1. The second-order valence-electron chi connectivity index (χ2n) is 5.81. The van der Waals surface area contributed by atoms with Gasteiger partial charge in [0.05, 0.1) is 7.11 Å². The highest BCUT2D eigenvalue weighted by Gasteiger charge is 2.27. The van der Waals surface area contributed by atoms with E-state index in [1.54, 1.807) is 24.1 Å². The van der Waals surface area contributed by atoms with Crippen LogP contribution in [0.1, 0.15) is 31.2 Å². The Kier molecular flexibility index (Phi) is 6.97. The van der Waals surface area contributed by atoms with Crippen molar-refractivity contribution >= 4 is 18.3 Å². The first-order chi connectivity index (χ1) is 10.0. The van der Waals surface area contributed by atoms with Gasteiger partial charge in [0.15, 0.2) is 11.5 Å². The number of phenols is 1. The molecule has 0 saturated heterocycles. The summed E-state index contributed by atoms with van der Waals surface area (Å²) in [5.74, 6) is 0.940. The zero-order valence-electron chi connectivity index (χ0n) is 13.1. The molecule has 0 bridgehead atoms. The Morgan fingerprint density at radius 1 is 1.45 bits per heavy atom. The minimum absolute atomic E-state index is 0. The van der Waals surface area contributed by atoms with E-state index in [9.17, 15) is 9.90 Å². The maximum atomic E-state index is 12.2. The normalized spacial score (nSPS) is 20.3. The van der Waals surface area contributed by atoms with Gasteiger partial charge in [-0.1, -0.05) is 12.5 Å². The van der Waals surface area contributed by atoms with E-state index in [2.05, 4.69) is 0 Å². The number of nitrogens with two attached hydrogens (primary N) is 1. The third kappa shape index (κ3) is 4.52. The van der Waals surface area contributed by atoms with Crippen molar-refractivity contribution in [2.24, 2.45) is 11.7 Å². The Morgan fingerprint density at radius 3 is 2.73 bits per heavy atom. The third-order valence-electron chi connectivity index (χ3n) is 4.24. The van der Waals surface area contributed by atoms with E-state index in [0.717, 1.165) is 24.8 Å². The molecule has 3 N–H and O–H groups in total. The van der Waals surface area contributed by atoms with Crippen LogP contribution in [0, 0.1) is 5.92 Å². The molecular weight excluding hydrogens is 304 g/mol. The van der Waals surface area contributed by atoms with Gasteiger partial charge in [0.2, 0.25) is 5.91 Å². The van der Waals surface area contributed by atoms with Crippen molar-refractivity contribution in [3.05, 3.63) is 23.8 Å². The lowest BCUT2D eigenvalue weighted by molar-refractivity contribution is -0.131. The summed E-state index contributed by atoms with van der Waals surface area (Å²) in [5, 5.41) is 9.76. The zero-order chi connectivity index (χ0) is 15.4. The number of halogens is 1. The second-order valence-corrected chi connectivity index (χ2v) is 5.81. The predicted molar refractivity (Wildman–Crippen MR) is 88.3 cm³/mol. The molecule has 1 aliphatic carbocycles. The summed E-state index contributed by atoms with van der Waals surface area (Å²) < 4.78 is 5.01. The average Bonchev–Trinajstić information content (AvgIpc) is 2.84. The van der Waals surface area contributed by atoms with Gasteiger partial charge in [0, 0.05) is 26.1 Å². The molecule has 124 valence electrons. The van der Waals surface area contributed by atoms with E-state index in [0.29, 0.717) is 24.6 Å². The molecular formula is C16H25ClN2O3. The fourth-order valence-electron chi connectivity index (χ4n) is 2.90. The molecule has 22 heavy (non-hydrogen) atoms. The number of hydrogen-bond donors (Lipinski definition) is 2. The van der Waals surface area contributed by atoms with Crippen molar-refractivity contribution in [3.8, 4) is 11.5 Å². The van der Waals surface area contributed by atoms with Gasteiger partial charge in [-0.05, 0) is 36.5 Å². The number of carbonyl (C=O) groups is 1. The standard InChI is InChI=1S/C16H24N2O3.ClH/c1-18(16(20)9-12-4-3-5-13(12)17)10-11-6-7-15(21-2)14(19)8-11;/h6-8,12-13,19H,3-5,9-10,17H2,1-2H3;1H/t12-,13+;/m0./s1. The van der Waals surface area contributed by atoms with Crippen LogP contribution in [-0.4, -0.2) is 36.1 Å². The summed E-state index contributed by atoms with van der Waals surface area (Å²) >= 11 is 0. The average molecular weight is 329 g/mol. The maximum absolute atomic E-state index is 12.2. The molecule has 1 aromatic rings. The smallest absolute Gasteiger partial charge is 0.222 e. The van der Waals surface area contributed by atoms with Gasteiger partial charge < -0.3 is 20.5 Å². The molecule has 1 amide bonds. The summed E-state index contributed by atoms with van der Waals surface area (Å²) in [6.45, 7) is 0.471. The lowest BCUT2D eigenvalue weighted by atomic mass is 9.99. The quantitative estimate of drug-likeness (QED) is 0.869. The number of ether oxygens (including phenoxy) is 1. The Hall–Kier alpha value is -1.46. The van der Waals surface area contributed by atoms with Crippen LogP contribution in [0.5, 0.6) is 11.5 Å². The number of aromatic hydroxyl groups is 1. The molecule has 0 radical (unpaired) electrons. The minimum atomic E-state index is 0.